The van der Waals surface area contributed by atoms with E-state index in [1.807, 2.05) is 19.9 Å². The third kappa shape index (κ3) is 3.96. The molecule has 0 saturated carbocycles. The SMILES string of the molecule is COc1ccc(CN(c2nc3nc(C)cc(C)n3n2)S(=O)(=O)c2ccccc2)cc1OC. The van der Waals surface area contributed by atoms with Gasteiger partial charge in [-0.25, -0.2) is 17.7 Å². The first kappa shape index (κ1) is 21.6. The van der Waals surface area contributed by atoms with Gasteiger partial charge >= 0.3 is 0 Å². The smallest absolute Gasteiger partial charge is 0.267 e. The van der Waals surface area contributed by atoms with Crippen molar-refractivity contribution in [3.63, 3.8) is 0 Å². The molecule has 4 rings (SSSR count). The summed E-state index contributed by atoms with van der Waals surface area (Å²) in [7, 11) is -0.891. The summed E-state index contributed by atoms with van der Waals surface area (Å²) >= 11 is 0. The summed E-state index contributed by atoms with van der Waals surface area (Å²) in [6, 6.07) is 15.3. The highest BCUT2D eigenvalue weighted by Gasteiger charge is 2.29. The second-order valence-electron chi connectivity index (χ2n) is 7.18. The van der Waals surface area contributed by atoms with Crippen LogP contribution >= 0.6 is 0 Å². The Balaban J connectivity index is 1.85. The van der Waals surface area contributed by atoms with E-state index in [1.54, 1.807) is 55.6 Å². The van der Waals surface area contributed by atoms with Crippen LogP contribution in [0.25, 0.3) is 5.78 Å². The lowest BCUT2D eigenvalue weighted by Gasteiger charge is -2.21. The maximum atomic E-state index is 13.6. The molecule has 0 saturated heterocycles. The molecule has 4 aromatic rings. The molecule has 2 aromatic heterocycles. The van der Waals surface area contributed by atoms with E-state index in [0.717, 1.165) is 11.4 Å². The van der Waals surface area contributed by atoms with Gasteiger partial charge in [-0.3, -0.25) is 0 Å². The minimum absolute atomic E-state index is 0.00745. The van der Waals surface area contributed by atoms with Gasteiger partial charge < -0.3 is 9.47 Å². The monoisotopic (exact) mass is 453 g/mol. The average molecular weight is 454 g/mol. The van der Waals surface area contributed by atoms with Crippen molar-refractivity contribution in [2.45, 2.75) is 25.3 Å². The molecule has 0 bridgehead atoms. The van der Waals surface area contributed by atoms with E-state index in [9.17, 15) is 8.42 Å². The Morgan fingerprint density at radius 3 is 2.34 bits per heavy atom. The molecule has 0 unspecified atom stereocenters. The molecule has 0 atom stereocenters. The van der Waals surface area contributed by atoms with Crippen LogP contribution in [0.15, 0.2) is 59.5 Å². The molecule has 0 aliphatic heterocycles. The highest BCUT2D eigenvalue weighted by Crippen LogP contribution is 2.30. The minimum atomic E-state index is -3.96. The van der Waals surface area contributed by atoms with E-state index in [2.05, 4.69) is 15.1 Å². The van der Waals surface area contributed by atoms with Crippen LogP contribution in [0.3, 0.4) is 0 Å². The Morgan fingerprint density at radius 2 is 1.66 bits per heavy atom. The number of fused-ring (bicyclic) bond motifs is 1. The summed E-state index contributed by atoms with van der Waals surface area (Å²) in [4.78, 5) is 8.95. The number of ether oxygens (including phenoxy) is 2. The summed E-state index contributed by atoms with van der Waals surface area (Å²) in [5.41, 5.74) is 2.25. The van der Waals surface area contributed by atoms with Crippen LogP contribution in [0.1, 0.15) is 17.0 Å². The predicted molar refractivity (Wildman–Crippen MR) is 120 cm³/mol. The summed E-state index contributed by atoms with van der Waals surface area (Å²) in [6.45, 7) is 3.71. The molecule has 166 valence electrons. The summed E-state index contributed by atoms with van der Waals surface area (Å²) in [5.74, 6) is 1.41. The molecule has 0 radical (unpaired) electrons. The Hall–Kier alpha value is -3.66. The van der Waals surface area contributed by atoms with Gasteiger partial charge in [0.25, 0.3) is 21.7 Å². The molecule has 2 aromatic carbocycles. The molecule has 0 spiro atoms. The fourth-order valence-corrected chi connectivity index (χ4v) is 4.76. The highest BCUT2D eigenvalue weighted by molar-refractivity contribution is 7.92. The number of hydrogen-bond donors (Lipinski definition) is 0. The largest absolute Gasteiger partial charge is 0.493 e. The zero-order valence-electron chi connectivity index (χ0n) is 18.2. The molecule has 10 heteroatoms. The normalized spacial score (nSPS) is 11.5. The van der Waals surface area contributed by atoms with Crippen molar-refractivity contribution < 1.29 is 17.9 Å². The standard InChI is InChI=1S/C22H23N5O4S/c1-15-12-16(2)27-21(23-15)24-22(25-27)26(32(28,29)18-8-6-5-7-9-18)14-17-10-11-19(30-3)20(13-17)31-4/h5-13H,14H2,1-4H3. The van der Waals surface area contributed by atoms with Gasteiger partial charge in [0.1, 0.15) is 0 Å². The van der Waals surface area contributed by atoms with Crippen LogP contribution in [0.5, 0.6) is 11.5 Å². The van der Waals surface area contributed by atoms with Crippen molar-refractivity contribution in [3.8, 4) is 11.5 Å². The lowest BCUT2D eigenvalue weighted by molar-refractivity contribution is 0.354. The Morgan fingerprint density at radius 1 is 0.938 bits per heavy atom. The molecule has 2 heterocycles. The number of aryl methyl sites for hydroxylation is 2. The first-order valence-electron chi connectivity index (χ1n) is 9.83. The molecule has 0 N–H and O–H groups in total. The topological polar surface area (TPSA) is 98.9 Å². The van der Waals surface area contributed by atoms with Gasteiger partial charge in [0.05, 0.1) is 25.7 Å². The lowest BCUT2D eigenvalue weighted by atomic mass is 10.2. The predicted octanol–water partition coefficient (Wildman–Crippen LogP) is 3.15. The Kier molecular flexibility index (Phi) is 5.70. The second kappa shape index (κ2) is 8.46. The van der Waals surface area contributed by atoms with Gasteiger partial charge in [0.2, 0.25) is 0 Å². The van der Waals surface area contributed by atoms with E-state index in [-0.39, 0.29) is 17.4 Å². The van der Waals surface area contributed by atoms with Crippen LogP contribution in [-0.4, -0.2) is 42.2 Å². The van der Waals surface area contributed by atoms with Crippen molar-refractivity contribution in [2.24, 2.45) is 0 Å². The molecular formula is C22H23N5O4S. The molecule has 0 aliphatic carbocycles. The summed E-state index contributed by atoms with van der Waals surface area (Å²) < 4.78 is 40.6. The molecule has 0 amide bonds. The third-order valence-electron chi connectivity index (χ3n) is 4.94. The minimum Gasteiger partial charge on any atom is -0.493 e. The number of hydrogen-bond acceptors (Lipinski definition) is 7. The molecule has 0 aliphatic rings. The number of rotatable bonds is 7. The zero-order valence-corrected chi connectivity index (χ0v) is 19.0. The fraction of sp³-hybridized carbons (Fsp3) is 0.227. The number of anilines is 1. The van der Waals surface area contributed by atoms with E-state index < -0.39 is 10.0 Å². The third-order valence-corrected chi connectivity index (χ3v) is 6.68. The van der Waals surface area contributed by atoms with Crippen LogP contribution in [-0.2, 0) is 16.6 Å². The maximum Gasteiger partial charge on any atom is 0.267 e. The quantitative estimate of drug-likeness (QED) is 0.424. The van der Waals surface area contributed by atoms with E-state index in [1.165, 1.54) is 15.9 Å². The molecule has 9 nitrogen and oxygen atoms in total. The van der Waals surface area contributed by atoms with E-state index >= 15 is 0 Å². The van der Waals surface area contributed by atoms with Crippen molar-refractivity contribution in [2.75, 3.05) is 18.5 Å². The number of aromatic nitrogens is 4. The van der Waals surface area contributed by atoms with Crippen molar-refractivity contribution >= 4 is 21.7 Å². The first-order valence-corrected chi connectivity index (χ1v) is 11.3. The number of methoxy groups -OCH3 is 2. The maximum absolute atomic E-state index is 13.6. The van der Waals surface area contributed by atoms with Gasteiger partial charge in [-0.15, -0.1) is 5.10 Å². The van der Waals surface area contributed by atoms with E-state index in [4.69, 9.17) is 9.47 Å². The van der Waals surface area contributed by atoms with Crippen LogP contribution < -0.4 is 13.8 Å². The van der Waals surface area contributed by atoms with Gasteiger partial charge in [0.15, 0.2) is 11.5 Å². The van der Waals surface area contributed by atoms with Crippen molar-refractivity contribution in [1.82, 2.24) is 19.6 Å². The van der Waals surface area contributed by atoms with Gasteiger partial charge in [-0.2, -0.15) is 9.50 Å². The number of benzene rings is 2. The van der Waals surface area contributed by atoms with Crippen LogP contribution in [0, 0.1) is 13.8 Å². The van der Waals surface area contributed by atoms with Crippen LogP contribution in [0.2, 0.25) is 0 Å². The first-order chi connectivity index (χ1) is 15.3. The zero-order chi connectivity index (χ0) is 22.9. The Labute approximate surface area is 186 Å². The van der Waals surface area contributed by atoms with Crippen molar-refractivity contribution in [3.05, 3.63) is 71.5 Å². The Bertz CT molecular complexity index is 1370. The number of nitrogens with zero attached hydrogens (tertiary/aromatic N) is 5. The fourth-order valence-electron chi connectivity index (χ4n) is 3.39. The summed E-state index contributed by atoms with van der Waals surface area (Å²) in [6.07, 6.45) is 0. The van der Waals surface area contributed by atoms with Crippen LogP contribution in [0.4, 0.5) is 5.95 Å². The van der Waals surface area contributed by atoms with Gasteiger partial charge in [0, 0.05) is 11.4 Å². The van der Waals surface area contributed by atoms with Crippen molar-refractivity contribution in [1.29, 1.82) is 0 Å². The van der Waals surface area contributed by atoms with Gasteiger partial charge in [-0.1, -0.05) is 24.3 Å². The second-order valence-corrected chi connectivity index (χ2v) is 9.04. The average Bonchev–Trinajstić information content (AvgIpc) is 3.21. The number of sulfonamides is 1. The van der Waals surface area contributed by atoms with Gasteiger partial charge in [-0.05, 0) is 49.7 Å². The van der Waals surface area contributed by atoms with E-state index in [0.29, 0.717) is 22.8 Å². The molecule has 32 heavy (non-hydrogen) atoms. The highest BCUT2D eigenvalue weighted by atomic mass is 32.2. The summed E-state index contributed by atoms with van der Waals surface area (Å²) in [5, 5.41) is 4.45. The molecular weight excluding hydrogens is 430 g/mol. The molecule has 0 fully saturated rings. The lowest BCUT2D eigenvalue weighted by Crippen LogP contribution is -2.31.